The number of rotatable bonds is 5. The summed E-state index contributed by atoms with van der Waals surface area (Å²) >= 11 is 9.07. The number of anilines is 1. The molecule has 0 amide bonds. The number of nitrogens with zero attached hydrogens (tertiary/aromatic N) is 1. The van der Waals surface area contributed by atoms with Crippen molar-refractivity contribution in [3.63, 3.8) is 0 Å². The lowest BCUT2D eigenvalue weighted by molar-refractivity contribution is 0.418. The fourth-order valence-electron chi connectivity index (χ4n) is 2.20. The summed E-state index contributed by atoms with van der Waals surface area (Å²) in [6, 6.07) is 16.7. The first-order valence-electron chi connectivity index (χ1n) is 7.45. The summed E-state index contributed by atoms with van der Waals surface area (Å²) in [4.78, 5) is 2.21. The molecular formula is C18H21BrN2S. The van der Waals surface area contributed by atoms with Crippen LogP contribution in [0.3, 0.4) is 0 Å². The number of hydrogen-bond donors (Lipinski definition) is 1. The van der Waals surface area contributed by atoms with Crippen molar-refractivity contribution in [2.75, 3.05) is 11.9 Å². The highest BCUT2D eigenvalue weighted by Gasteiger charge is 2.10. The summed E-state index contributed by atoms with van der Waals surface area (Å²) in [6.07, 6.45) is 1.06. The number of hydrogen-bond acceptors (Lipinski definition) is 1. The zero-order valence-corrected chi connectivity index (χ0v) is 15.4. The Morgan fingerprint density at radius 3 is 2.55 bits per heavy atom. The van der Waals surface area contributed by atoms with E-state index in [4.69, 9.17) is 12.2 Å². The molecule has 2 aromatic rings. The van der Waals surface area contributed by atoms with E-state index >= 15 is 0 Å². The van der Waals surface area contributed by atoms with Crippen molar-refractivity contribution >= 4 is 38.9 Å². The van der Waals surface area contributed by atoms with E-state index in [9.17, 15) is 0 Å². The summed E-state index contributed by atoms with van der Waals surface area (Å²) in [7, 11) is 0. The molecule has 0 fully saturated rings. The van der Waals surface area contributed by atoms with Crippen LogP contribution in [0.25, 0.3) is 0 Å². The molecule has 0 aliphatic heterocycles. The van der Waals surface area contributed by atoms with Gasteiger partial charge in [0.1, 0.15) is 0 Å². The third-order valence-corrected chi connectivity index (χ3v) is 4.20. The average Bonchev–Trinajstić information content (AvgIpc) is 2.49. The molecule has 22 heavy (non-hydrogen) atoms. The van der Waals surface area contributed by atoms with E-state index in [2.05, 4.69) is 64.3 Å². The maximum atomic E-state index is 5.59. The van der Waals surface area contributed by atoms with Gasteiger partial charge in [0.25, 0.3) is 0 Å². The summed E-state index contributed by atoms with van der Waals surface area (Å²) in [5.41, 5.74) is 3.56. The first-order chi connectivity index (χ1) is 10.6. The lowest BCUT2D eigenvalue weighted by Crippen LogP contribution is -2.34. The molecule has 116 valence electrons. The molecule has 0 aliphatic rings. The molecule has 0 bridgehead atoms. The molecule has 0 saturated heterocycles. The van der Waals surface area contributed by atoms with Crippen LogP contribution in [0.15, 0.2) is 53.0 Å². The molecule has 0 spiro atoms. The standard InChI is InChI=1S/C18H21BrN2S/c1-3-11-21(13-15-9-7-14(2)8-10-15)18(22)20-17-6-4-5-16(19)12-17/h4-10,12H,3,11,13H2,1-2H3,(H,20,22). The van der Waals surface area contributed by atoms with Gasteiger partial charge in [0.15, 0.2) is 5.11 Å². The average molecular weight is 377 g/mol. The van der Waals surface area contributed by atoms with Crippen molar-refractivity contribution in [1.82, 2.24) is 4.90 Å². The first kappa shape index (κ1) is 17.0. The predicted molar refractivity (Wildman–Crippen MR) is 102 cm³/mol. The van der Waals surface area contributed by atoms with Gasteiger partial charge in [0.05, 0.1) is 0 Å². The van der Waals surface area contributed by atoms with Crippen molar-refractivity contribution < 1.29 is 0 Å². The van der Waals surface area contributed by atoms with Gasteiger partial charge in [0, 0.05) is 23.2 Å². The number of benzene rings is 2. The number of nitrogens with one attached hydrogen (secondary N) is 1. The summed E-state index contributed by atoms with van der Waals surface area (Å²) < 4.78 is 1.04. The fraction of sp³-hybridized carbons (Fsp3) is 0.278. The van der Waals surface area contributed by atoms with Crippen molar-refractivity contribution in [1.29, 1.82) is 0 Å². The highest BCUT2D eigenvalue weighted by Crippen LogP contribution is 2.17. The van der Waals surface area contributed by atoms with Crippen molar-refractivity contribution in [3.05, 3.63) is 64.1 Å². The van der Waals surface area contributed by atoms with Gasteiger partial charge in [-0.2, -0.15) is 0 Å². The van der Waals surface area contributed by atoms with Crippen LogP contribution in [0, 0.1) is 6.92 Å². The molecule has 0 saturated carbocycles. The SMILES string of the molecule is CCCN(Cc1ccc(C)cc1)C(=S)Nc1cccc(Br)c1. The summed E-state index contributed by atoms with van der Waals surface area (Å²) in [6.45, 7) is 6.04. The number of thiocarbonyl (C=S) groups is 1. The normalized spacial score (nSPS) is 10.3. The molecule has 0 aromatic heterocycles. The van der Waals surface area contributed by atoms with Crippen molar-refractivity contribution in [2.45, 2.75) is 26.8 Å². The Labute approximate surface area is 146 Å². The van der Waals surface area contributed by atoms with Gasteiger partial charge >= 0.3 is 0 Å². The molecule has 2 rings (SSSR count). The zero-order chi connectivity index (χ0) is 15.9. The Balaban J connectivity index is 2.06. The molecule has 0 aliphatic carbocycles. The summed E-state index contributed by atoms with van der Waals surface area (Å²) in [5, 5.41) is 4.09. The van der Waals surface area contributed by atoms with Crippen molar-refractivity contribution in [3.8, 4) is 0 Å². The van der Waals surface area contributed by atoms with Crippen LogP contribution in [-0.2, 0) is 6.54 Å². The molecule has 0 radical (unpaired) electrons. The third kappa shape index (κ3) is 5.11. The molecule has 2 aromatic carbocycles. The van der Waals surface area contributed by atoms with Crippen LogP contribution < -0.4 is 5.32 Å². The van der Waals surface area contributed by atoms with E-state index in [1.807, 2.05) is 24.3 Å². The highest BCUT2D eigenvalue weighted by atomic mass is 79.9. The smallest absolute Gasteiger partial charge is 0.173 e. The van der Waals surface area contributed by atoms with Gasteiger partial charge in [-0.1, -0.05) is 58.7 Å². The van der Waals surface area contributed by atoms with E-state index in [0.717, 1.165) is 34.8 Å². The monoisotopic (exact) mass is 376 g/mol. The van der Waals surface area contributed by atoms with Crippen LogP contribution in [0.5, 0.6) is 0 Å². The zero-order valence-electron chi connectivity index (χ0n) is 13.0. The fourth-order valence-corrected chi connectivity index (χ4v) is 2.88. The van der Waals surface area contributed by atoms with Crippen LogP contribution in [-0.4, -0.2) is 16.6 Å². The van der Waals surface area contributed by atoms with E-state index in [-0.39, 0.29) is 0 Å². The molecule has 0 heterocycles. The Hall–Kier alpha value is -1.39. The second kappa shape index (κ2) is 8.30. The van der Waals surface area contributed by atoms with E-state index in [0.29, 0.717) is 0 Å². The van der Waals surface area contributed by atoms with Crippen LogP contribution in [0.2, 0.25) is 0 Å². The Morgan fingerprint density at radius 2 is 1.91 bits per heavy atom. The van der Waals surface area contributed by atoms with Gasteiger partial charge < -0.3 is 10.2 Å². The minimum Gasteiger partial charge on any atom is -0.345 e. The lowest BCUT2D eigenvalue weighted by Gasteiger charge is -2.25. The Kier molecular flexibility index (Phi) is 6.40. The molecule has 2 nitrogen and oxygen atoms in total. The summed E-state index contributed by atoms with van der Waals surface area (Å²) in [5.74, 6) is 0. The molecule has 1 N–H and O–H groups in total. The topological polar surface area (TPSA) is 15.3 Å². The quantitative estimate of drug-likeness (QED) is 0.706. The predicted octanol–water partition coefficient (Wildman–Crippen LogP) is 5.37. The van der Waals surface area contributed by atoms with Gasteiger partial charge in [-0.3, -0.25) is 0 Å². The minimum absolute atomic E-state index is 0.764. The van der Waals surface area contributed by atoms with E-state index in [1.165, 1.54) is 11.1 Å². The minimum atomic E-state index is 0.764. The largest absolute Gasteiger partial charge is 0.345 e. The second-order valence-electron chi connectivity index (χ2n) is 5.35. The van der Waals surface area contributed by atoms with Gasteiger partial charge in [-0.25, -0.2) is 0 Å². The van der Waals surface area contributed by atoms with E-state index in [1.54, 1.807) is 0 Å². The van der Waals surface area contributed by atoms with Crippen LogP contribution in [0.4, 0.5) is 5.69 Å². The molecule has 4 heteroatoms. The van der Waals surface area contributed by atoms with Gasteiger partial charge in [0.2, 0.25) is 0 Å². The van der Waals surface area contributed by atoms with Crippen LogP contribution in [0.1, 0.15) is 24.5 Å². The lowest BCUT2D eigenvalue weighted by atomic mass is 10.1. The van der Waals surface area contributed by atoms with Crippen LogP contribution >= 0.6 is 28.1 Å². The third-order valence-electron chi connectivity index (χ3n) is 3.35. The Bertz CT molecular complexity index is 625. The molecule has 0 unspecified atom stereocenters. The Morgan fingerprint density at radius 1 is 1.18 bits per heavy atom. The molecular weight excluding hydrogens is 356 g/mol. The van der Waals surface area contributed by atoms with Gasteiger partial charge in [-0.15, -0.1) is 0 Å². The van der Waals surface area contributed by atoms with Crippen molar-refractivity contribution in [2.24, 2.45) is 0 Å². The maximum absolute atomic E-state index is 5.59. The molecule has 0 atom stereocenters. The number of aryl methyl sites for hydroxylation is 1. The highest BCUT2D eigenvalue weighted by molar-refractivity contribution is 9.10. The maximum Gasteiger partial charge on any atom is 0.173 e. The van der Waals surface area contributed by atoms with E-state index < -0.39 is 0 Å². The van der Waals surface area contributed by atoms with Gasteiger partial charge in [-0.05, 0) is 49.3 Å². The second-order valence-corrected chi connectivity index (χ2v) is 6.65. The number of halogens is 1. The first-order valence-corrected chi connectivity index (χ1v) is 8.65.